The lowest BCUT2D eigenvalue weighted by Crippen LogP contribution is -2.30. The van der Waals surface area contributed by atoms with Gasteiger partial charge in [-0.25, -0.2) is 0 Å². The predicted molar refractivity (Wildman–Crippen MR) is 40.3 cm³/mol. The van der Waals surface area contributed by atoms with E-state index in [9.17, 15) is 4.79 Å². The van der Waals surface area contributed by atoms with Crippen molar-refractivity contribution in [2.45, 2.75) is 20.8 Å². The Bertz CT molecular complexity index is 182. The van der Waals surface area contributed by atoms with Gasteiger partial charge in [0, 0.05) is 12.7 Å². The second kappa shape index (κ2) is 2.11. The lowest BCUT2D eigenvalue weighted by atomic mass is 9.95. The number of hydrogen-bond donors (Lipinski definition) is 0. The molecule has 1 amide bonds. The number of amides is 1. The molecule has 2 heteroatoms. The number of nitrogens with zero attached hydrogens (tertiary/aromatic N) is 1. The molecular weight excluding hydrogens is 126 g/mol. The number of rotatable bonds is 1. The Labute approximate surface area is 61.5 Å². The van der Waals surface area contributed by atoms with Crippen LogP contribution in [0.5, 0.6) is 0 Å². The van der Waals surface area contributed by atoms with Crippen LogP contribution in [0.1, 0.15) is 20.8 Å². The van der Waals surface area contributed by atoms with E-state index in [0.717, 1.165) is 6.54 Å². The monoisotopic (exact) mass is 139 g/mol. The lowest BCUT2D eigenvalue weighted by Gasteiger charge is -2.17. The molecule has 0 fully saturated rings. The molecule has 1 heterocycles. The van der Waals surface area contributed by atoms with Crippen LogP contribution in [-0.4, -0.2) is 17.4 Å². The summed E-state index contributed by atoms with van der Waals surface area (Å²) in [6.45, 7) is 6.62. The summed E-state index contributed by atoms with van der Waals surface area (Å²) in [4.78, 5) is 13.1. The minimum Gasteiger partial charge on any atom is -0.319 e. The van der Waals surface area contributed by atoms with Crippen LogP contribution < -0.4 is 0 Å². The van der Waals surface area contributed by atoms with Gasteiger partial charge in [0.1, 0.15) is 0 Å². The highest BCUT2D eigenvalue weighted by Crippen LogP contribution is 2.26. The van der Waals surface area contributed by atoms with Gasteiger partial charge in [0.25, 0.3) is 0 Å². The van der Waals surface area contributed by atoms with Gasteiger partial charge in [0.05, 0.1) is 5.41 Å². The fraction of sp³-hybridized carbons (Fsp3) is 0.625. The molecular formula is C8H13NO. The van der Waals surface area contributed by atoms with Gasteiger partial charge in [-0.15, -0.1) is 0 Å². The topological polar surface area (TPSA) is 20.3 Å². The molecule has 0 saturated carbocycles. The summed E-state index contributed by atoms with van der Waals surface area (Å²) in [5, 5.41) is 0. The van der Waals surface area contributed by atoms with Crippen molar-refractivity contribution in [1.29, 1.82) is 0 Å². The average Bonchev–Trinajstić information content (AvgIpc) is 2.10. The molecule has 10 heavy (non-hydrogen) atoms. The van der Waals surface area contributed by atoms with Crippen LogP contribution in [-0.2, 0) is 4.79 Å². The van der Waals surface area contributed by atoms with Crippen molar-refractivity contribution in [3.05, 3.63) is 12.3 Å². The zero-order valence-electron chi connectivity index (χ0n) is 6.72. The highest BCUT2D eigenvalue weighted by Gasteiger charge is 2.32. The minimum atomic E-state index is -0.268. The second-order valence-electron chi connectivity index (χ2n) is 3.13. The van der Waals surface area contributed by atoms with E-state index in [1.165, 1.54) is 0 Å². The van der Waals surface area contributed by atoms with Gasteiger partial charge in [-0.05, 0) is 20.8 Å². The van der Waals surface area contributed by atoms with Gasteiger partial charge in [-0.3, -0.25) is 4.79 Å². The summed E-state index contributed by atoms with van der Waals surface area (Å²) in [7, 11) is 0. The van der Waals surface area contributed by atoms with E-state index >= 15 is 0 Å². The summed E-state index contributed by atoms with van der Waals surface area (Å²) < 4.78 is 0. The summed E-state index contributed by atoms with van der Waals surface area (Å²) in [6.07, 6.45) is 3.81. The van der Waals surface area contributed by atoms with E-state index in [-0.39, 0.29) is 11.3 Å². The molecule has 0 aromatic rings. The van der Waals surface area contributed by atoms with Crippen LogP contribution in [0.25, 0.3) is 0 Å². The molecule has 1 rings (SSSR count). The third-order valence-corrected chi connectivity index (χ3v) is 1.82. The maximum absolute atomic E-state index is 11.3. The first-order valence-electron chi connectivity index (χ1n) is 3.58. The van der Waals surface area contributed by atoms with Gasteiger partial charge >= 0.3 is 0 Å². The van der Waals surface area contributed by atoms with Crippen molar-refractivity contribution in [1.82, 2.24) is 4.90 Å². The molecule has 0 saturated heterocycles. The van der Waals surface area contributed by atoms with Gasteiger partial charge < -0.3 is 4.90 Å². The van der Waals surface area contributed by atoms with Crippen LogP contribution in [0.2, 0.25) is 0 Å². The average molecular weight is 139 g/mol. The van der Waals surface area contributed by atoms with E-state index in [0.29, 0.717) is 0 Å². The van der Waals surface area contributed by atoms with E-state index in [1.807, 2.05) is 33.0 Å². The minimum absolute atomic E-state index is 0.204. The molecule has 0 unspecified atom stereocenters. The zero-order chi connectivity index (χ0) is 7.78. The third kappa shape index (κ3) is 0.939. The Morgan fingerprint density at radius 1 is 1.60 bits per heavy atom. The van der Waals surface area contributed by atoms with Gasteiger partial charge in [0.2, 0.25) is 5.91 Å². The number of hydrogen-bond acceptors (Lipinski definition) is 1. The Hall–Kier alpha value is -0.790. The van der Waals surface area contributed by atoms with Crippen molar-refractivity contribution in [2.24, 2.45) is 5.41 Å². The van der Waals surface area contributed by atoms with Crippen LogP contribution in [0.15, 0.2) is 12.3 Å². The van der Waals surface area contributed by atoms with Crippen LogP contribution in [0.4, 0.5) is 0 Å². The van der Waals surface area contributed by atoms with Gasteiger partial charge in [0.15, 0.2) is 0 Å². The smallest absolute Gasteiger partial charge is 0.236 e. The first-order chi connectivity index (χ1) is 4.58. The normalized spacial score (nSPS) is 22.3. The molecule has 56 valence electrons. The number of carbonyl (C=O) groups is 1. The quantitative estimate of drug-likeness (QED) is 0.537. The van der Waals surface area contributed by atoms with Crippen molar-refractivity contribution < 1.29 is 4.79 Å². The molecule has 1 aliphatic rings. The van der Waals surface area contributed by atoms with E-state index < -0.39 is 0 Å². The van der Waals surface area contributed by atoms with E-state index in [4.69, 9.17) is 0 Å². The summed E-state index contributed by atoms with van der Waals surface area (Å²) in [5.41, 5.74) is -0.268. The van der Waals surface area contributed by atoms with Crippen LogP contribution in [0.3, 0.4) is 0 Å². The Morgan fingerprint density at radius 2 is 2.20 bits per heavy atom. The fourth-order valence-electron chi connectivity index (χ4n) is 1.03. The highest BCUT2D eigenvalue weighted by molar-refractivity contribution is 5.87. The molecule has 0 spiro atoms. The SMILES string of the molecule is CCN1C=CC(C)(C)C1=O. The first kappa shape index (κ1) is 7.32. The van der Waals surface area contributed by atoms with E-state index in [2.05, 4.69) is 0 Å². The van der Waals surface area contributed by atoms with Gasteiger partial charge in [-0.1, -0.05) is 6.08 Å². The van der Waals surface area contributed by atoms with Crippen molar-refractivity contribution in [3.8, 4) is 0 Å². The van der Waals surface area contributed by atoms with Crippen molar-refractivity contribution in [3.63, 3.8) is 0 Å². The third-order valence-electron chi connectivity index (χ3n) is 1.82. The van der Waals surface area contributed by atoms with Gasteiger partial charge in [-0.2, -0.15) is 0 Å². The Kier molecular flexibility index (Phi) is 1.55. The molecule has 0 aromatic carbocycles. The molecule has 0 atom stereocenters. The molecule has 0 radical (unpaired) electrons. The standard InChI is InChI=1S/C8H13NO/c1-4-9-6-5-8(2,3)7(9)10/h5-6H,4H2,1-3H3. The molecule has 1 aliphatic heterocycles. The maximum Gasteiger partial charge on any atom is 0.236 e. The van der Waals surface area contributed by atoms with Crippen molar-refractivity contribution >= 4 is 5.91 Å². The maximum atomic E-state index is 11.3. The lowest BCUT2D eigenvalue weighted by molar-refractivity contribution is -0.133. The van der Waals surface area contributed by atoms with E-state index in [1.54, 1.807) is 4.90 Å². The second-order valence-corrected chi connectivity index (χ2v) is 3.13. The van der Waals surface area contributed by atoms with Crippen molar-refractivity contribution in [2.75, 3.05) is 6.54 Å². The zero-order valence-corrected chi connectivity index (χ0v) is 6.72. The Morgan fingerprint density at radius 3 is 2.40 bits per heavy atom. The molecule has 0 N–H and O–H groups in total. The Balaban J connectivity index is 2.78. The largest absolute Gasteiger partial charge is 0.319 e. The number of carbonyl (C=O) groups excluding carboxylic acids is 1. The summed E-state index contributed by atoms with van der Waals surface area (Å²) >= 11 is 0. The molecule has 0 aromatic heterocycles. The predicted octanol–water partition coefficient (Wildman–Crippen LogP) is 1.39. The first-order valence-corrected chi connectivity index (χ1v) is 3.58. The van der Waals surface area contributed by atoms with Crippen LogP contribution >= 0.6 is 0 Å². The molecule has 0 bridgehead atoms. The fourth-order valence-corrected chi connectivity index (χ4v) is 1.03. The molecule has 2 nitrogen and oxygen atoms in total. The summed E-state index contributed by atoms with van der Waals surface area (Å²) in [6, 6.07) is 0. The molecule has 0 aliphatic carbocycles. The highest BCUT2D eigenvalue weighted by atomic mass is 16.2. The van der Waals surface area contributed by atoms with Crippen LogP contribution in [0, 0.1) is 5.41 Å². The summed E-state index contributed by atoms with van der Waals surface area (Å²) in [5.74, 6) is 0.204.